The number of hydrogen-bond acceptors (Lipinski definition) is 2. The van der Waals surface area contributed by atoms with Gasteiger partial charge in [0.2, 0.25) is 0 Å². The number of hydrogen-bond donors (Lipinski definition) is 0. The van der Waals surface area contributed by atoms with Gasteiger partial charge in [-0.1, -0.05) is 22.9 Å². The maximum Gasteiger partial charge on any atom is 0.403 e. The average molecular weight is 279 g/mol. The molecule has 0 N–H and O–H groups in total. The molecule has 0 rings (SSSR count). The summed E-state index contributed by atoms with van der Waals surface area (Å²) in [5, 5.41) is 0. The normalized spacial score (nSPS) is 14.4. The van der Waals surface area contributed by atoms with Crippen LogP contribution < -0.4 is 0 Å². The molecule has 14 heavy (non-hydrogen) atoms. The van der Waals surface area contributed by atoms with Gasteiger partial charge in [-0.3, -0.25) is 0 Å². The van der Waals surface area contributed by atoms with Gasteiger partial charge in [0.15, 0.2) is 0 Å². The molecule has 6 heteroatoms. The highest BCUT2D eigenvalue weighted by atomic mass is 79.9. The maximum absolute atomic E-state index is 11.9. The Bertz CT molecular complexity index is 141. The van der Waals surface area contributed by atoms with Crippen LogP contribution in [0, 0.1) is 0 Å². The van der Waals surface area contributed by atoms with Crippen molar-refractivity contribution >= 4 is 15.9 Å². The van der Waals surface area contributed by atoms with E-state index < -0.39 is 11.0 Å². The molecule has 86 valence electrons. The molecule has 0 amide bonds. The molecule has 0 aromatic carbocycles. The van der Waals surface area contributed by atoms with Gasteiger partial charge in [0.1, 0.15) is 4.83 Å². The first-order valence-electron chi connectivity index (χ1n) is 4.34. The van der Waals surface area contributed by atoms with E-state index in [0.717, 1.165) is 6.42 Å². The molecule has 0 aliphatic carbocycles. The fourth-order valence-electron chi connectivity index (χ4n) is 0.646. The van der Waals surface area contributed by atoms with Crippen LogP contribution in [0.2, 0.25) is 0 Å². The quantitative estimate of drug-likeness (QED) is 0.527. The van der Waals surface area contributed by atoms with Gasteiger partial charge >= 0.3 is 6.18 Å². The van der Waals surface area contributed by atoms with Crippen molar-refractivity contribution in [2.24, 2.45) is 0 Å². The summed E-state index contributed by atoms with van der Waals surface area (Å²) < 4.78 is 45.6. The molecular formula is C8H14BrF3O2. The first-order chi connectivity index (χ1) is 6.48. The van der Waals surface area contributed by atoms with E-state index in [1.165, 1.54) is 0 Å². The van der Waals surface area contributed by atoms with Gasteiger partial charge < -0.3 is 9.47 Å². The molecule has 0 aromatic rings. The molecule has 0 aliphatic rings. The van der Waals surface area contributed by atoms with Gasteiger partial charge in [-0.05, 0) is 6.42 Å². The zero-order valence-electron chi connectivity index (χ0n) is 7.94. The molecule has 1 atom stereocenters. The highest BCUT2D eigenvalue weighted by Gasteiger charge is 2.37. The first kappa shape index (κ1) is 14.2. The topological polar surface area (TPSA) is 18.5 Å². The molecule has 0 bridgehead atoms. The predicted molar refractivity (Wildman–Crippen MR) is 50.7 cm³/mol. The lowest BCUT2D eigenvalue weighted by Crippen LogP contribution is -2.28. The van der Waals surface area contributed by atoms with E-state index in [9.17, 15) is 13.2 Å². The van der Waals surface area contributed by atoms with Crippen molar-refractivity contribution in [3.8, 4) is 0 Å². The van der Waals surface area contributed by atoms with Crippen LogP contribution in [0.3, 0.4) is 0 Å². The molecule has 0 saturated heterocycles. The summed E-state index contributed by atoms with van der Waals surface area (Å²) in [7, 11) is 0. The zero-order valence-corrected chi connectivity index (χ0v) is 9.53. The Hall–Kier alpha value is 0.190. The summed E-state index contributed by atoms with van der Waals surface area (Å²) in [5.41, 5.74) is 0. The van der Waals surface area contributed by atoms with Gasteiger partial charge in [0.25, 0.3) is 0 Å². The second-order valence-corrected chi connectivity index (χ2v) is 3.80. The number of alkyl halides is 4. The van der Waals surface area contributed by atoms with Crippen LogP contribution in [-0.4, -0.2) is 37.4 Å². The number of ether oxygens (including phenoxy) is 2. The van der Waals surface area contributed by atoms with Crippen LogP contribution in [-0.2, 0) is 9.47 Å². The largest absolute Gasteiger partial charge is 0.403 e. The SMILES string of the molecule is CCCOCCOCC(Br)C(F)(F)F. The Labute approximate surface area is 89.9 Å². The van der Waals surface area contributed by atoms with Crippen molar-refractivity contribution in [2.75, 3.05) is 26.4 Å². The van der Waals surface area contributed by atoms with E-state index in [2.05, 4.69) is 15.9 Å². The Morgan fingerprint density at radius 3 is 2.21 bits per heavy atom. The van der Waals surface area contributed by atoms with Crippen LogP contribution >= 0.6 is 15.9 Å². The fourth-order valence-corrected chi connectivity index (χ4v) is 0.832. The van der Waals surface area contributed by atoms with E-state index >= 15 is 0 Å². The van der Waals surface area contributed by atoms with Crippen molar-refractivity contribution < 1.29 is 22.6 Å². The molecular weight excluding hydrogens is 265 g/mol. The van der Waals surface area contributed by atoms with Crippen LogP contribution in [0.15, 0.2) is 0 Å². The highest BCUT2D eigenvalue weighted by Crippen LogP contribution is 2.26. The maximum atomic E-state index is 11.9. The van der Waals surface area contributed by atoms with E-state index in [4.69, 9.17) is 9.47 Å². The highest BCUT2D eigenvalue weighted by molar-refractivity contribution is 9.09. The van der Waals surface area contributed by atoms with Gasteiger partial charge in [0.05, 0.1) is 19.8 Å². The zero-order chi connectivity index (χ0) is 11.0. The van der Waals surface area contributed by atoms with E-state index in [0.29, 0.717) is 13.2 Å². The van der Waals surface area contributed by atoms with E-state index in [1.54, 1.807) is 0 Å². The fraction of sp³-hybridized carbons (Fsp3) is 1.00. The summed E-state index contributed by atoms with van der Waals surface area (Å²) >= 11 is 2.49. The van der Waals surface area contributed by atoms with Crippen LogP contribution in [0.25, 0.3) is 0 Å². The van der Waals surface area contributed by atoms with Gasteiger partial charge in [-0.25, -0.2) is 0 Å². The van der Waals surface area contributed by atoms with Gasteiger partial charge in [-0.15, -0.1) is 0 Å². The van der Waals surface area contributed by atoms with Crippen molar-refractivity contribution in [3.63, 3.8) is 0 Å². The van der Waals surface area contributed by atoms with Crippen molar-refractivity contribution in [1.29, 1.82) is 0 Å². The lowest BCUT2D eigenvalue weighted by molar-refractivity contribution is -0.138. The number of rotatable bonds is 7. The van der Waals surface area contributed by atoms with Crippen LogP contribution in [0.5, 0.6) is 0 Å². The van der Waals surface area contributed by atoms with E-state index in [-0.39, 0.29) is 13.2 Å². The van der Waals surface area contributed by atoms with Crippen molar-refractivity contribution in [1.82, 2.24) is 0 Å². The van der Waals surface area contributed by atoms with Crippen molar-refractivity contribution in [3.05, 3.63) is 0 Å². The molecule has 0 spiro atoms. The third-order valence-electron chi connectivity index (χ3n) is 1.34. The monoisotopic (exact) mass is 278 g/mol. The minimum atomic E-state index is -4.25. The second kappa shape index (κ2) is 7.48. The Balaban J connectivity index is 3.28. The molecule has 0 radical (unpaired) electrons. The lowest BCUT2D eigenvalue weighted by atomic mass is 10.4. The average Bonchev–Trinajstić information content (AvgIpc) is 2.09. The Morgan fingerprint density at radius 2 is 1.71 bits per heavy atom. The lowest BCUT2D eigenvalue weighted by Gasteiger charge is -2.13. The van der Waals surface area contributed by atoms with E-state index in [1.807, 2.05) is 6.92 Å². The molecule has 0 heterocycles. The van der Waals surface area contributed by atoms with Crippen LogP contribution in [0.1, 0.15) is 13.3 Å². The van der Waals surface area contributed by atoms with Gasteiger partial charge in [0, 0.05) is 6.61 Å². The Kier molecular flexibility index (Phi) is 7.58. The van der Waals surface area contributed by atoms with Crippen molar-refractivity contribution in [2.45, 2.75) is 24.3 Å². The molecule has 0 saturated carbocycles. The molecule has 2 nitrogen and oxygen atoms in total. The summed E-state index contributed by atoms with van der Waals surface area (Å²) in [6.45, 7) is 2.72. The van der Waals surface area contributed by atoms with Gasteiger partial charge in [-0.2, -0.15) is 13.2 Å². The Morgan fingerprint density at radius 1 is 1.14 bits per heavy atom. The first-order valence-corrected chi connectivity index (χ1v) is 5.26. The standard InChI is InChI=1S/C8H14BrF3O2/c1-2-3-13-4-5-14-6-7(9)8(10,11)12/h7H,2-6H2,1H3. The third-order valence-corrected chi connectivity index (χ3v) is 2.12. The molecule has 0 fully saturated rings. The van der Waals surface area contributed by atoms with Crippen LogP contribution in [0.4, 0.5) is 13.2 Å². The molecule has 1 unspecified atom stereocenters. The minimum absolute atomic E-state index is 0.193. The molecule has 0 aromatic heterocycles. The number of halogens is 4. The smallest absolute Gasteiger partial charge is 0.379 e. The summed E-state index contributed by atoms with van der Waals surface area (Å²) in [4.78, 5) is -1.60. The summed E-state index contributed by atoms with van der Waals surface area (Å²) in [6, 6.07) is 0. The minimum Gasteiger partial charge on any atom is -0.379 e. The second-order valence-electron chi connectivity index (χ2n) is 2.70. The summed E-state index contributed by atoms with van der Waals surface area (Å²) in [5.74, 6) is 0. The summed E-state index contributed by atoms with van der Waals surface area (Å²) in [6.07, 6.45) is -3.35. The predicted octanol–water partition coefficient (Wildman–Crippen LogP) is 2.76. The third kappa shape index (κ3) is 7.58. The molecule has 0 aliphatic heterocycles.